The predicted octanol–water partition coefficient (Wildman–Crippen LogP) is 3.37. The molecule has 0 bridgehead atoms. The van der Waals surface area contributed by atoms with E-state index < -0.39 is 0 Å². The molecule has 0 unspecified atom stereocenters. The first kappa shape index (κ1) is 21.9. The van der Waals surface area contributed by atoms with Crippen LogP contribution < -0.4 is 0 Å². The fourth-order valence-electron chi connectivity index (χ4n) is 4.95. The number of carbonyl (C=O) groups excluding carboxylic acids is 1. The van der Waals surface area contributed by atoms with Crippen molar-refractivity contribution in [2.45, 2.75) is 39.9 Å². The number of fused-ring (bicyclic) bond motifs is 2. The van der Waals surface area contributed by atoms with Crippen LogP contribution in [0.5, 0.6) is 5.75 Å². The minimum absolute atomic E-state index is 0.000964. The van der Waals surface area contributed by atoms with Gasteiger partial charge in [0.15, 0.2) is 0 Å². The molecular formula is C26H33N5O2. The molecule has 1 aromatic heterocycles. The van der Waals surface area contributed by atoms with Crippen LogP contribution in [0, 0.1) is 5.92 Å². The minimum Gasteiger partial charge on any atom is -0.507 e. The van der Waals surface area contributed by atoms with Gasteiger partial charge in [-0.2, -0.15) is 5.10 Å². The zero-order valence-corrected chi connectivity index (χ0v) is 19.8. The van der Waals surface area contributed by atoms with E-state index in [0.29, 0.717) is 24.6 Å². The van der Waals surface area contributed by atoms with Gasteiger partial charge >= 0.3 is 0 Å². The fourth-order valence-corrected chi connectivity index (χ4v) is 4.95. The number of aromatic hydroxyl groups is 1. The second-order valence-corrected chi connectivity index (χ2v) is 10.0. The van der Waals surface area contributed by atoms with Gasteiger partial charge in [-0.3, -0.25) is 14.8 Å². The third-order valence-electron chi connectivity index (χ3n) is 6.87. The molecule has 2 aromatic carbocycles. The highest BCUT2D eigenvalue weighted by molar-refractivity contribution is 6.01. The Bertz CT molecular complexity index is 1180. The lowest BCUT2D eigenvalue weighted by molar-refractivity contribution is 0.0748. The van der Waals surface area contributed by atoms with Crippen LogP contribution in [-0.4, -0.2) is 69.1 Å². The quantitative estimate of drug-likeness (QED) is 0.627. The summed E-state index contributed by atoms with van der Waals surface area (Å²) in [6, 6.07) is 10.0. The summed E-state index contributed by atoms with van der Waals surface area (Å²) in [7, 11) is 2.17. The second-order valence-electron chi connectivity index (χ2n) is 10.0. The van der Waals surface area contributed by atoms with E-state index in [0.717, 1.165) is 55.7 Å². The van der Waals surface area contributed by atoms with Crippen molar-refractivity contribution in [2.75, 3.05) is 33.2 Å². The molecule has 2 aliphatic rings. The number of hydrogen-bond acceptors (Lipinski definition) is 5. The van der Waals surface area contributed by atoms with Crippen molar-refractivity contribution in [3.05, 3.63) is 58.3 Å². The van der Waals surface area contributed by atoms with Gasteiger partial charge in [0.05, 0.1) is 16.8 Å². The van der Waals surface area contributed by atoms with Gasteiger partial charge in [-0.05, 0) is 42.1 Å². The molecule has 33 heavy (non-hydrogen) atoms. The Hall–Kier alpha value is -2.90. The molecule has 2 N–H and O–H groups in total. The molecule has 0 aliphatic carbocycles. The topological polar surface area (TPSA) is 75.7 Å². The van der Waals surface area contributed by atoms with Crippen LogP contribution in [0.25, 0.3) is 10.9 Å². The van der Waals surface area contributed by atoms with Gasteiger partial charge in [-0.25, -0.2) is 0 Å². The largest absolute Gasteiger partial charge is 0.507 e. The Morgan fingerprint density at radius 1 is 1.09 bits per heavy atom. The summed E-state index contributed by atoms with van der Waals surface area (Å²) in [5, 5.41) is 18.9. The molecule has 0 atom stereocenters. The van der Waals surface area contributed by atoms with E-state index in [2.05, 4.69) is 59.1 Å². The van der Waals surface area contributed by atoms with Crippen molar-refractivity contribution in [3.63, 3.8) is 0 Å². The first-order valence-corrected chi connectivity index (χ1v) is 11.9. The molecule has 3 heterocycles. The number of benzene rings is 2. The number of phenolic OH excluding ortho intramolecular Hbond substituents is 1. The van der Waals surface area contributed by atoms with Gasteiger partial charge < -0.3 is 14.9 Å². The summed E-state index contributed by atoms with van der Waals surface area (Å²) in [5.41, 5.74) is 5.74. The maximum Gasteiger partial charge on any atom is 0.258 e. The van der Waals surface area contributed by atoms with Crippen molar-refractivity contribution in [2.24, 2.45) is 5.92 Å². The lowest BCUT2D eigenvalue weighted by atomic mass is 10.0. The van der Waals surface area contributed by atoms with Crippen LogP contribution >= 0.6 is 0 Å². The lowest BCUT2D eigenvalue weighted by Gasteiger charge is -2.32. The summed E-state index contributed by atoms with van der Waals surface area (Å²) < 4.78 is 0. The maximum atomic E-state index is 13.4. The number of piperazine rings is 1. The number of nitrogens with one attached hydrogen (secondary N) is 1. The molecular weight excluding hydrogens is 414 g/mol. The lowest BCUT2D eigenvalue weighted by Crippen LogP contribution is -2.43. The monoisotopic (exact) mass is 447 g/mol. The molecule has 1 saturated heterocycles. The van der Waals surface area contributed by atoms with Crippen LogP contribution in [-0.2, 0) is 26.1 Å². The van der Waals surface area contributed by atoms with Gasteiger partial charge in [0.1, 0.15) is 5.75 Å². The van der Waals surface area contributed by atoms with Gasteiger partial charge in [-0.15, -0.1) is 0 Å². The van der Waals surface area contributed by atoms with Crippen molar-refractivity contribution in [1.82, 2.24) is 24.9 Å². The molecule has 7 nitrogen and oxygen atoms in total. The number of amides is 1. The number of carbonyl (C=O) groups is 1. The first-order valence-electron chi connectivity index (χ1n) is 11.9. The molecule has 1 fully saturated rings. The summed E-state index contributed by atoms with van der Waals surface area (Å²) in [6.07, 6.45) is 0.823. The van der Waals surface area contributed by atoms with E-state index in [4.69, 9.17) is 0 Å². The van der Waals surface area contributed by atoms with E-state index in [1.165, 1.54) is 16.7 Å². The molecule has 0 saturated carbocycles. The van der Waals surface area contributed by atoms with Crippen LogP contribution in [0.3, 0.4) is 0 Å². The average Bonchev–Trinajstić information content (AvgIpc) is 3.37. The van der Waals surface area contributed by atoms with Gasteiger partial charge in [0, 0.05) is 57.3 Å². The number of hydrogen-bond donors (Lipinski definition) is 2. The van der Waals surface area contributed by atoms with Crippen molar-refractivity contribution >= 4 is 16.8 Å². The second kappa shape index (κ2) is 8.80. The highest BCUT2D eigenvalue weighted by atomic mass is 16.3. The molecule has 174 valence electrons. The van der Waals surface area contributed by atoms with E-state index in [9.17, 15) is 9.90 Å². The van der Waals surface area contributed by atoms with Crippen LogP contribution in [0.2, 0.25) is 0 Å². The molecule has 0 radical (unpaired) electrons. The summed E-state index contributed by atoms with van der Waals surface area (Å²) >= 11 is 0. The van der Waals surface area contributed by atoms with E-state index in [1.54, 1.807) is 12.1 Å². The number of aromatic amines is 1. The Labute approximate surface area is 195 Å². The maximum absolute atomic E-state index is 13.4. The standard InChI is InChI=1S/C26H33N5O2/c1-17(2)10-23-21-12-22(25(32)13-24(21)28-27-23)26(33)31-15-19-5-4-18(11-20(19)16-31)14-30-8-6-29(3)7-9-30/h4-5,11-13,17,32H,6-10,14-16H2,1-3H3,(H,27,28). The summed E-state index contributed by atoms with van der Waals surface area (Å²) in [4.78, 5) is 20.1. The van der Waals surface area contributed by atoms with Gasteiger partial charge in [-0.1, -0.05) is 32.0 Å². The number of H-pyrrole nitrogens is 1. The zero-order chi connectivity index (χ0) is 23.1. The van der Waals surface area contributed by atoms with Crippen LogP contribution in [0.4, 0.5) is 0 Å². The van der Waals surface area contributed by atoms with E-state index >= 15 is 0 Å². The van der Waals surface area contributed by atoms with E-state index in [-0.39, 0.29) is 11.7 Å². The van der Waals surface area contributed by atoms with E-state index in [1.807, 2.05) is 4.90 Å². The molecule has 2 aliphatic heterocycles. The third-order valence-corrected chi connectivity index (χ3v) is 6.87. The highest BCUT2D eigenvalue weighted by Gasteiger charge is 2.27. The molecule has 1 amide bonds. The Morgan fingerprint density at radius 3 is 2.61 bits per heavy atom. The molecule has 5 rings (SSSR count). The molecule has 0 spiro atoms. The number of phenols is 1. The van der Waals surface area contributed by atoms with Crippen molar-refractivity contribution < 1.29 is 9.90 Å². The summed E-state index contributed by atoms with van der Waals surface area (Å²) in [6.45, 7) is 10.8. The van der Waals surface area contributed by atoms with Crippen molar-refractivity contribution in [3.8, 4) is 5.75 Å². The number of likely N-dealkylation sites (N-methyl/N-ethyl adjacent to an activating group) is 1. The minimum atomic E-state index is -0.136. The third kappa shape index (κ3) is 4.48. The Kier molecular flexibility index (Phi) is 5.85. The number of aromatic nitrogens is 2. The average molecular weight is 448 g/mol. The molecule has 7 heteroatoms. The molecule has 3 aromatic rings. The van der Waals surface area contributed by atoms with Gasteiger partial charge in [0.25, 0.3) is 5.91 Å². The smallest absolute Gasteiger partial charge is 0.258 e. The van der Waals surface area contributed by atoms with Crippen LogP contribution in [0.15, 0.2) is 30.3 Å². The number of nitrogens with zero attached hydrogens (tertiary/aromatic N) is 4. The van der Waals surface area contributed by atoms with Gasteiger partial charge in [0.2, 0.25) is 0 Å². The van der Waals surface area contributed by atoms with Crippen molar-refractivity contribution in [1.29, 1.82) is 0 Å². The first-order chi connectivity index (χ1) is 15.9. The predicted molar refractivity (Wildman–Crippen MR) is 129 cm³/mol. The normalized spacial score (nSPS) is 17.3. The Morgan fingerprint density at radius 2 is 1.85 bits per heavy atom. The summed E-state index contributed by atoms with van der Waals surface area (Å²) in [5.74, 6) is 0.319. The fraction of sp³-hybridized carbons (Fsp3) is 0.462. The number of rotatable bonds is 5. The zero-order valence-electron chi connectivity index (χ0n) is 19.8. The highest BCUT2D eigenvalue weighted by Crippen LogP contribution is 2.31. The SMILES string of the molecule is CC(C)Cc1n[nH]c2cc(O)c(C(=O)N3Cc4ccc(CN5CCN(C)CC5)cc4C3)cc12. The Balaban J connectivity index is 1.33. The van der Waals surface area contributed by atoms with Crippen LogP contribution in [0.1, 0.15) is 46.6 Å².